The first-order valence-electron chi connectivity index (χ1n) is 7.11. The van der Waals surface area contributed by atoms with Gasteiger partial charge >= 0.3 is 0 Å². The minimum Gasteiger partial charge on any atom is -0.379 e. The third-order valence-electron chi connectivity index (χ3n) is 4.11. The van der Waals surface area contributed by atoms with Crippen molar-refractivity contribution in [2.24, 2.45) is 5.41 Å². The lowest BCUT2D eigenvalue weighted by molar-refractivity contribution is 0.0536. The number of rotatable bonds is 1. The number of anilines is 1. The summed E-state index contributed by atoms with van der Waals surface area (Å²) in [5.74, 6) is 0.973. The van der Waals surface area contributed by atoms with E-state index in [0.717, 1.165) is 50.9 Å². The van der Waals surface area contributed by atoms with Crippen LogP contribution in [-0.2, 0) is 4.74 Å². The molecule has 1 atom stereocenters. The molecule has 5 heteroatoms. The first-order valence-corrected chi connectivity index (χ1v) is 7.11. The van der Waals surface area contributed by atoms with Crippen LogP contribution >= 0.6 is 0 Å². The van der Waals surface area contributed by atoms with Crippen molar-refractivity contribution in [1.82, 2.24) is 15.5 Å². The molecular formula is C14H22N4O. The molecule has 2 fully saturated rings. The molecule has 0 bridgehead atoms. The average molecular weight is 262 g/mol. The van der Waals surface area contributed by atoms with Crippen molar-refractivity contribution in [3.8, 4) is 0 Å². The van der Waals surface area contributed by atoms with E-state index < -0.39 is 0 Å². The molecule has 0 unspecified atom stereocenters. The van der Waals surface area contributed by atoms with Gasteiger partial charge in [-0.15, -0.1) is 5.10 Å². The normalized spacial score (nSPS) is 28.4. The zero-order valence-corrected chi connectivity index (χ0v) is 11.6. The fourth-order valence-corrected chi connectivity index (χ4v) is 3.04. The van der Waals surface area contributed by atoms with Crippen LogP contribution < -0.4 is 10.2 Å². The highest BCUT2D eigenvalue weighted by atomic mass is 16.5. The van der Waals surface area contributed by atoms with Gasteiger partial charge in [-0.05, 0) is 38.4 Å². The van der Waals surface area contributed by atoms with E-state index >= 15 is 0 Å². The van der Waals surface area contributed by atoms with E-state index in [4.69, 9.17) is 4.74 Å². The van der Waals surface area contributed by atoms with Gasteiger partial charge in [0.25, 0.3) is 0 Å². The highest BCUT2D eigenvalue weighted by molar-refractivity contribution is 5.38. The lowest BCUT2D eigenvalue weighted by Gasteiger charge is -2.39. The zero-order chi connectivity index (χ0) is 13.1. The summed E-state index contributed by atoms with van der Waals surface area (Å²) < 4.78 is 5.83. The van der Waals surface area contributed by atoms with Crippen molar-refractivity contribution in [1.29, 1.82) is 0 Å². The van der Waals surface area contributed by atoms with Gasteiger partial charge in [0.1, 0.15) is 0 Å². The molecule has 3 heterocycles. The molecule has 2 saturated heterocycles. The number of nitrogens with zero attached hydrogens (tertiary/aromatic N) is 3. The van der Waals surface area contributed by atoms with Crippen molar-refractivity contribution >= 4 is 5.82 Å². The first-order chi connectivity index (χ1) is 9.27. The topological polar surface area (TPSA) is 50.3 Å². The van der Waals surface area contributed by atoms with Gasteiger partial charge in [0.2, 0.25) is 0 Å². The molecular weight excluding hydrogens is 240 g/mol. The molecule has 0 aromatic carbocycles. The highest BCUT2D eigenvalue weighted by Crippen LogP contribution is 2.31. The van der Waals surface area contributed by atoms with Gasteiger partial charge in [-0.2, -0.15) is 5.10 Å². The Balaban J connectivity index is 1.78. The number of aryl methyl sites for hydroxylation is 1. The van der Waals surface area contributed by atoms with Crippen molar-refractivity contribution in [2.45, 2.75) is 19.8 Å². The second-order valence-electron chi connectivity index (χ2n) is 5.79. The van der Waals surface area contributed by atoms with Gasteiger partial charge in [-0.1, -0.05) is 0 Å². The number of nitrogens with one attached hydrogen (secondary N) is 1. The first kappa shape index (κ1) is 12.8. The van der Waals surface area contributed by atoms with Gasteiger partial charge in [-0.3, -0.25) is 0 Å². The number of ether oxygens (including phenoxy) is 1. The molecule has 19 heavy (non-hydrogen) atoms. The molecule has 0 amide bonds. The molecule has 0 radical (unpaired) electrons. The largest absolute Gasteiger partial charge is 0.379 e. The van der Waals surface area contributed by atoms with Crippen molar-refractivity contribution in [3.05, 3.63) is 17.8 Å². The summed E-state index contributed by atoms with van der Waals surface area (Å²) in [7, 11) is 0. The maximum atomic E-state index is 5.83. The Kier molecular flexibility index (Phi) is 3.66. The minimum atomic E-state index is 0.237. The maximum absolute atomic E-state index is 5.83. The van der Waals surface area contributed by atoms with Gasteiger partial charge in [0.15, 0.2) is 5.82 Å². The van der Waals surface area contributed by atoms with E-state index in [-0.39, 0.29) is 5.41 Å². The van der Waals surface area contributed by atoms with Crippen molar-refractivity contribution < 1.29 is 4.74 Å². The molecule has 1 N–H and O–H groups in total. The third kappa shape index (κ3) is 2.87. The second kappa shape index (κ2) is 5.43. The van der Waals surface area contributed by atoms with E-state index in [9.17, 15) is 0 Å². The van der Waals surface area contributed by atoms with Crippen LogP contribution in [0, 0.1) is 12.3 Å². The molecule has 1 aromatic rings. The zero-order valence-electron chi connectivity index (χ0n) is 11.6. The average Bonchev–Trinajstić information content (AvgIpc) is 2.64. The Morgan fingerprint density at radius 3 is 3.05 bits per heavy atom. The van der Waals surface area contributed by atoms with E-state index in [1.807, 2.05) is 13.0 Å². The standard InChI is InChI=1S/C14H22N4O/c1-12-3-4-13(17-16-12)18-7-8-19-11-14(10-18)5-2-6-15-9-14/h3-4,15H,2,5-11H2,1H3/t14-/m0/s1. The van der Waals surface area contributed by atoms with Crippen LogP contribution in [0.5, 0.6) is 0 Å². The van der Waals surface area contributed by atoms with Crippen LogP contribution in [0.15, 0.2) is 12.1 Å². The lowest BCUT2D eigenvalue weighted by atomic mass is 9.81. The molecule has 0 aliphatic carbocycles. The molecule has 1 aromatic heterocycles. The smallest absolute Gasteiger partial charge is 0.151 e. The fourth-order valence-electron chi connectivity index (χ4n) is 3.04. The third-order valence-corrected chi connectivity index (χ3v) is 4.11. The van der Waals surface area contributed by atoms with E-state index in [2.05, 4.69) is 26.5 Å². The predicted molar refractivity (Wildman–Crippen MR) is 74.3 cm³/mol. The van der Waals surface area contributed by atoms with Gasteiger partial charge in [0, 0.05) is 25.0 Å². The van der Waals surface area contributed by atoms with Crippen LogP contribution in [0.1, 0.15) is 18.5 Å². The molecule has 2 aliphatic heterocycles. The monoisotopic (exact) mass is 262 g/mol. The summed E-state index contributed by atoms with van der Waals surface area (Å²) >= 11 is 0. The van der Waals surface area contributed by atoms with Crippen molar-refractivity contribution in [3.63, 3.8) is 0 Å². The summed E-state index contributed by atoms with van der Waals surface area (Å²) in [6.07, 6.45) is 2.46. The molecule has 5 nitrogen and oxygen atoms in total. The quantitative estimate of drug-likeness (QED) is 0.818. The predicted octanol–water partition coefficient (Wildman–Crippen LogP) is 0.991. The Labute approximate surface area is 114 Å². The van der Waals surface area contributed by atoms with E-state index in [0.29, 0.717) is 0 Å². The summed E-state index contributed by atoms with van der Waals surface area (Å²) in [6, 6.07) is 4.09. The van der Waals surface area contributed by atoms with Crippen molar-refractivity contribution in [2.75, 3.05) is 44.3 Å². The maximum Gasteiger partial charge on any atom is 0.151 e. The SMILES string of the molecule is Cc1ccc(N2CCOC[C@]3(CCCNC3)C2)nn1. The van der Waals surface area contributed by atoms with Gasteiger partial charge in [-0.25, -0.2) is 0 Å². The fraction of sp³-hybridized carbons (Fsp3) is 0.714. The molecule has 1 spiro atoms. The van der Waals surface area contributed by atoms with Crippen LogP contribution in [0.4, 0.5) is 5.82 Å². The number of piperidine rings is 1. The van der Waals surface area contributed by atoms with E-state index in [1.165, 1.54) is 12.8 Å². The summed E-state index contributed by atoms with van der Waals surface area (Å²) in [6.45, 7) is 7.69. The van der Waals surface area contributed by atoms with Gasteiger partial charge in [0.05, 0.1) is 18.9 Å². The Bertz CT molecular complexity index is 414. The highest BCUT2D eigenvalue weighted by Gasteiger charge is 2.36. The van der Waals surface area contributed by atoms with Crippen LogP contribution in [0.25, 0.3) is 0 Å². The molecule has 2 aliphatic rings. The van der Waals surface area contributed by atoms with E-state index in [1.54, 1.807) is 0 Å². The summed E-state index contributed by atoms with van der Waals surface area (Å²) in [5.41, 5.74) is 1.20. The van der Waals surface area contributed by atoms with Crippen LogP contribution in [-0.4, -0.2) is 49.6 Å². The number of aromatic nitrogens is 2. The number of hydrogen-bond donors (Lipinski definition) is 1. The Morgan fingerprint density at radius 2 is 2.32 bits per heavy atom. The molecule has 3 rings (SSSR count). The molecule has 104 valence electrons. The lowest BCUT2D eigenvalue weighted by Crippen LogP contribution is -2.49. The van der Waals surface area contributed by atoms with Crippen LogP contribution in [0.2, 0.25) is 0 Å². The molecule has 0 saturated carbocycles. The second-order valence-corrected chi connectivity index (χ2v) is 5.79. The summed E-state index contributed by atoms with van der Waals surface area (Å²) in [5, 5.41) is 12.0. The van der Waals surface area contributed by atoms with Crippen LogP contribution in [0.3, 0.4) is 0 Å². The van der Waals surface area contributed by atoms with Gasteiger partial charge < -0.3 is 15.0 Å². The number of hydrogen-bond acceptors (Lipinski definition) is 5. The summed E-state index contributed by atoms with van der Waals surface area (Å²) in [4.78, 5) is 2.33. The minimum absolute atomic E-state index is 0.237. The Morgan fingerprint density at radius 1 is 1.37 bits per heavy atom. The Hall–Kier alpha value is -1.20.